The van der Waals surface area contributed by atoms with Crippen LogP contribution in [0.15, 0.2) is 6.20 Å². The molecule has 0 bridgehead atoms. The summed E-state index contributed by atoms with van der Waals surface area (Å²) in [4.78, 5) is 22.0. The fourth-order valence-electron chi connectivity index (χ4n) is 0.640. The largest absolute Gasteiger partial charge is 0.326 e. The Kier molecular flexibility index (Phi) is 4.27. The minimum atomic E-state index is -0.605. The molecule has 1 rings (SSSR count). The Balaban J connectivity index is 2.33. The van der Waals surface area contributed by atoms with Crippen LogP contribution in [0.1, 0.15) is 6.42 Å². The number of hydrogen-bond acceptors (Lipinski definition) is 5. The molecule has 0 aliphatic heterocycles. The van der Waals surface area contributed by atoms with Crippen molar-refractivity contribution >= 4 is 40.1 Å². The standard InChI is InChI=1S/C6H7ClN4O2S/c7-2-1-4(12)9-6(13)10-5-3-8-11-14-5/h3H,1-2H2,(H2,9,10,12,13). The van der Waals surface area contributed by atoms with Crippen LogP contribution in [-0.2, 0) is 4.79 Å². The van der Waals surface area contributed by atoms with E-state index in [9.17, 15) is 9.59 Å². The number of rotatable bonds is 3. The number of amides is 3. The van der Waals surface area contributed by atoms with Gasteiger partial charge in [-0.3, -0.25) is 15.4 Å². The lowest BCUT2D eigenvalue weighted by Gasteiger charge is -2.01. The highest BCUT2D eigenvalue weighted by Gasteiger charge is 2.07. The van der Waals surface area contributed by atoms with E-state index in [-0.39, 0.29) is 12.3 Å². The van der Waals surface area contributed by atoms with Crippen LogP contribution in [0.2, 0.25) is 0 Å². The van der Waals surface area contributed by atoms with Gasteiger partial charge in [0.2, 0.25) is 5.91 Å². The van der Waals surface area contributed by atoms with E-state index in [2.05, 4.69) is 20.2 Å². The van der Waals surface area contributed by atoms with Crippen LogP contribution in [0, 0.1) is 0 Å². The summed E-state index contributed by atoms with van der Waals surface area (Å²) in [6.07, 6.45) is 1.49. The molecule has 3 amide bonds. The number of alkyl halides is 1. The van der Waals surface area contributed by atoms with Gasteiger partial charge in [0.05, 0.1) is 6.20 Å². The predicted octanol–water partition coefficient (Wildman–Crippen LogP) is 0.815. The topological polar surface area (TPSA) is 84.0 Å². The van der Waals surface area contributed by atoms with Crippen molar-refractivity contribution < 1.29 is 9.59 Å². The summed E-state index contributed by atoms with van der Waals surface area (Å²) < 4.78 is 3.53. The predicted molar refractivity (Wildman–Crippen MR) is 52.4 cm³/mol. The number of urea groups is 1. The Bertz CT molecular complexity index is 316. The maximum atomic E-state index is 11.1. The maximum absolute atomic E-state index is 11.1. The molecule has 1 heterocycles. The van der Waals surface area contributed by atoms with E-state index in [1.165, 1.54) is 6.20 Å². The Labute approximate surface area is 88.8 Å². The number of anilines is 1. The molecule has 0 spiro atoms. The van der Waals surface area contributed by atoms with Crippen molar-refractivity contribution in [1.29, 1.82) is 0 Å². The van der Waals surface area contributed by atoms with E-state index in [0.717, 1.165) is 11.5 Å². The molecule has 6 nitrogen and oxygen atoms in total. The zero-order valence-corrected chi connectivity index (χ0v) is 8.56. The van der Waals surface area contributed by atoms with Gasteiger partial charge in [0, 0.05) is 23.8 Å². The summed E-state index contributed by atoms with van der Waals surface area (Å²) in [7, 11) is 0. The number of aromatic nitrogens is 2. The van der Waals surface area contributed by atoms with Crippen molar-refractivity contribution in [2.24, 2.45) is 0 Å². The second kappa shape index (κ2) is 5.51. The average Bonchev–Trinajstić information content (AvgIpc) is 2.56. The first-order valence-corrected chi connectivity index (χ1v) is 4.97. The molecule has 76 valence electrons. The fraction of sp³-hybridized carbons (Fsp3) is 0.333. The number of halogens is 1. The molecule has 14 heavy (non-hydrogen) atoms. The van der Waals surface area contributed by atoms with Crippen LogP contribution in [-0.4, -0.2) is 27.4 Å². The first kappa shape index (κ1) is 10.9. The van der Waals surface area contributed by atoms with E-state index in [1.54, 1.807) is 0 Å². The molecule has 0 radical (unpaired) electrons. The third-order valence-electron chi connectivity index (χ3n) is 1.17. The quantitative estimate of drug-likeness (QED) is 0.759. The van der Waals surface area contributed by atoms with Crippen molar-refractivity contribution in [3.05, 3.63) is 6.20 Å². The molecule has 8 heteroatoms. The van der Waals surface area contributed by atoms with Crippen molar-refractivity contribution in [3.63, 3.8) is 0 Å². The molecule has 0 aliphatic rings. The Hall–Kier alpha value is -1.21. The lowest BCUT2D eigenvalue weighted by molar-refractivity contribution is -0.119. The summed E-state index contributed by atoms with van der Waals surface area (Å²) in [5, 5.41) is 8.47. The number of carbonyl (C=O) groups excluding carboxylic acids is 2. The molecule has 0 atom stereocenters. The first-order chi connectivity index (χ1) is 6.72. The minimum Gasteiger partial charge on any atom is -0.296 e. The van der Waals surface area contributed by atoms with Crippen LogP contribution in [0.5, 0.6) is 0 Å². The van der Waals surface area contributed by atoms with Crippen LogP contribution >= 0.6 is 23.1 Å². The van der Waals surface area contributed by atoms with Crippen LogP contribution < -0.4 is 10.6 Å². The lowest BCUT2D eigenvalue weighted by Crippen LogP contribution is -2.34. The zero-order chi connectivity index (χ0) is 10.4. The molecule has 1 aromatic rings. The zero-order valence-electron chi connectivity index (χ0n) is 6.99. The number of nitrogens with zero attached hydrogens (tertiary/aromatic N) is 2. The average molecular weight is 235 g/mol. The van der Waals surface area contributed by atoms with Gasteiger partial charge < -0.3 is 0 Å². The van der Waals surface area contributed by atoms with Gasteiger partial charge in [-0.1, -0.05) is 4.49 Å². The summed E-state index contributed by atoms with van der Waals surface area (Å²) in [5.74, 6) is -0.240. The third-order valence-corrected chi connectivity index (χ3v) is 1.94. The van der Waals surface area contributed by atoms with Gasteiger partial charge in [-0.15, -0.1) is 16.7 Å². The van der Waals surface area contributed by atoms with Gasteiger partial charge in [0.1, 0.15) is 5.00 Å². The highest BCUT2D eigenvalue weighted by atomic mass is 35.5. The molecule has 0 fully saturated rings. The Morgan fingerprint density at radius 2 is 2.36 bits per heavy atom. The molecule has 0 unspecified atom stereocenters. The summed E-state index contributed by atoms with van der Waals surface area (Å²) >= 11 is 6.33. The molecule has 0 aliphatic carbocycles. The monoisotopic (exact) mass is 234 g/mol. The summed E-state index contributed by atoms with van der Waals surface area (Å²) in [6.45, 7) is 0. The smallest absolute Gasteiger partial charge is 0.296 e. The second-order valence-electron chi connectivity index (χ2n) is 2.22. The molecule has 0 aromatic carbocycles. The van der Waals surface area contributed by atoms with Gasteiger partial charge in [-0.2, -0.15) is 0 Å². The fourth-order valence-corrected chi connectivity index (χ4v) is 1.23. The van der Waals surface area contributed by atoms with Gasteiger partial charge in [0.25, 0.3) is 0 Å². The van der Waals surface area contributed by atoms with Crippen LogP contribution in [0.4, 0.5) is 9.80 Å². The van der Waals surface area contributed by atoms with Crippen LogP contribution in [0.25, 0.3) is 0 Å². The lowest BCUT2D eigenvalue weighted by atomic mass is 10.4. The summed E-state index contributed by atoms with van der Waals surface area (Å²) in [6, 6.07) is -0.605. The maximum Gasteiger partial charge on any atom is 0.326 e. The van der Waals surface area contributed by atoms with Gasteiger partial charge in [-0.05, 0) is 0 Å². The van der Waals surface area contributed by atoms with E-state index >= 15 is 0 Å². The normalized spacial score (nSPS) is 9.50. The Morgan fingerprint density at radius 1 is 1.57 bits per heavy atom. The van der Waals surface area contributed by atoms with E-state index in [0.29, 0.717) is 5.00 Å². The van der Waals surface area contributed by atoms with Crippen molar-refractivity contribution in [2.45, 2.75) is 6.42 Å². The van der Waals surface area contributed by atoms with Gasteiger partial charge >= 0.3 is 6.03 Å². The molecular weight excluding hydrogens is 228 g/mol. The number of nitrogens with one attached hydrogen (secondary N) is 2. The Morgan fingerprint density at radius 3 is 2.93 bits per heavy atom. The SMILES string of the molecule is O=C(CCCl)NC(=O)Nc1cnns1. The molecule has 0 saturated carbocycles. The second-order valence-corrected chi connectivity index (χ2v) is 3.39. The van der Waals surface area contributed by atoms with Crippen LogP contribution in [0.3, 0.4) is 0 Å². The minimum absolute atomic E-state index is 0.107. The molecule has 0 saturated heterocycles. The number of imide groups is 1. The summed E-state index contributed by atoms with van der Waals surface area (Å²) in [5.41, 5.74) is 0. The number of carbonyl (C=O) groups is 2. The van der Waals surface area contributed by atoms with E-state index in [4.69, 9.17) is 11.6 Å². The number of hydrogen-bond donors (Lipinski definition) is 2. The third kappa shape index (κ3) is 3.67. The molecule has 1 aromatic heterocycles. The van der Waals surface area contributed by atoms with Crippen molar-refractivity contribution in [2.75, 3.05) is 11.2 Å². The van der Waals surface area contributed by atoms with E-state index in [1.807, 2.05) is 0 Å². The molecule has 2 N–H and O–H groups in total. The highest BCUT2D eigenvalue weighted by Crippen LogP contribution is 2.08. The first-order valence-electron chi connectivity index (χ1n) is 3.66. The molecular formula is C6H7ClN4O2S. The highest BCUT2D eigenvalue weighted by molar-refractivity contribution is 7.10. The van der Waals surface area contributed by atoms with Crippen molar-refractivity contribution in [1.82, 2.24) is 14.9 Å². The van der Waals surface area contributed by atoms with Gasteiger partial charge in [0.15, 0.2) is 0 Å². The van der Waals surface area contributed by atoms with E-state index < -0.39 is 11.9 Å². The van der Waals surface area contributed by atoms with Crippen molar-refractivity contribution in [3.8, 4) is 0 Å². The van der Waals surface area contributed by atoms with Gasteiger partial charge in [-0.25, -0.2) is 4.79 Å².